The molecule has 0 fully saturated rings. The van der Waals surface area contributed by atoms with Crippen LogP contribution in [0.4, 0.5) is 0 Å². The highest BCUT2D eigenvalue weighted by molar-refractivity contribution is 5.77. The molecule has 0 aliphatic rings. The van der Waals surface area contributed by atoms with E-state index in [4.69, 9.17) is 14.9 Å². The molecular weight excluding hydrogens is 564 g/mol. The smallest absolute Gasteiger partial charge is 0.306 e. The zero-order valence-corrected chi connectivity index (χ0v) is 29.1. The lowest BCUT2D eigenvalue weighted by molar-refractivity contribution is -0.152. The highest BCUT2D eigenvalue weighted by Gasteiger charge is 2.27. The van der Waals surface area contributed by atoms with E-state index in [1.807, 2.05) is 4.90 Å². The fraction of sp³-hybridized carbons (Fsp3) is 0.824. The topological polar surface area (TPSA) is 153 Å². The SMILES string of the molecule is CC(O)CN(CCCNC(=O)CC(C)(C)CC(=O)O)CC(C)OC(=O)CC(C)(C)CC(=O)O.CCCCC/C=C/CC(C)C. The standard InChI is InChI=1S/C23H42N2O8.C11H22/c1-16(26)14-25(9-7-8-24-18(27)10-22(3,4)11-19(28)29)15-17(2)33-21(32)13-23(5,6)12-20(30)31;1-4-5-6-7-8-9-10-11(2)3/h16-17,26H,7-15H2,1-6H3,(H,24,27)(H,28,29)(H,30,31);8-9,11H,4-7,10H2,1-3H3/b;9-8+. The van der Waals surface area contributed by atoms with Crippen LogP contribution in [-0.2, 0) is 23.9 Å². The molecule has 44 heavy (non-hydrogen) atoms. The molecule has 258 valence electrons. The third-order valence-electron chi connectivity index (χ3n) is 6.61. The van der Waals surface area contributed by atoms with Gasteiger partial charge in [-0.2, -0.15) is 0 Å². The summed E-state index contributed by atoms with van der Waals surface area (Å²) in [4.78, 5) is 48.0. The number of nitrogens with one attached hydrogen (secondary N) is 1. The summed E-state index contributed by atoms with van der Waals surface area (Å²) in [6, 6.07) is 0. The monoisotopic (exact) mass is 628 g/mol. The van der Waals surface area contributed by atoms with Gasteiger partial charge in [0.1, 0.15) is 6.10 Å². The summed E-state index contributed by atoms with van der Waals surface area (Å²) in [6.45, 7) is 18.7. The molecule has 0 saturated carbocycles. The van der Waals surface area contributed by atoms with Gasteiger partial charge >= 0.3 is 17.9 Å². The van der Waals surface area contributed by atoms with E-state index in [1.54, 1.807) is 41.5 Å². The number of nitrogens with zero attached hydrogens (tertiary/aromatic N) is 1. The molecule has 2 unspecified atom stereocenters. The minimum atomic E-state index is -0.971. The van der Waals surface area contributed by atoms with Crippen LogP contribution in [0.5, 0.6) is 0 Å². The van der Waals surface area contributed by atoms with Crippen LogP contribution in [0.25, 0.3) is 0 Å². The van der Waals surface area contributed by atoms with Crippen molar-refractivity contribution in [3.8, 4) is 0 Å². The number of amides is 1. The van der Waals surface area contributed by atoms with E-state index in [9.17, 15) is 24.3 Å². The first kappa shape index (κ1) is 43.7. The first-order chi connectivity index (χ1) is 20.3. The predicted octanol–water partition coefficient (Wildman–Crippen LogP) is 6.06. The molecule has 1 amide bonds. The van der Waals surface area contributed by atoms with Crippen molar-refractivity contribution in [1.29, 1.82) is 0 Å². The van der Waals surface area contributed by atoms with Crippen molar-refractivity contribution < 1.29 is 39.2 Å². The van der Waals surface area contributed by atoms with Crippen molar-refractivity contribution in [2.45, 2.75) is 139 Å². The average Bonchev–Trinajstić information content (AvgIpc) is 2.81. The van der Waals surface area contributed by atoms with Crippen LogP contribution in [0.2, 0.25) is 0 Å². The molecule has 0 heterocycles. The summed E-state index contributed by atoms with van der Waals surface area (Å²) in [5, 5.41) is 30.4. The number of allylic oxidation sites excluding steroid dienone is 2. The Morgan fingerprint density at radius 3 is 1.89 bits per heavy atom. The molecule has 0 spiro atoms. The third kappa shape index (κ3) is 29.6. The number of unbranched alkanes of at least 4 members (excludes halogenated alkanes) is 3. The Balaban J connectivity index is 0. The summed E-state index contributed by atoms with van der Waals surface area (Å²) >= 11 is 0. The zero-order valence-electron chi connectivity index (χ0n) is 29.1. The van der Waals surface area contributed by atoms with Crippen LogP contribution in [-0.4, -0.2) is 82.4 Å². The first-order valence-corrected chi connectivity index (χ1v) is 16.2. The molecule has 0 aliphatic carbocycles. The Morgan fingerprint density at radius 1 is 0.818 bits per heavy atom. The summed E-state index contributed by atoms with van der Waals surface area (Å²) in [7, 11) is 0. The second kappa shape index (κ2) is 23.9. The molecule has 0 bridgehead atoms. The molecule has 0 aliphatic heterocycles. The number of hydrogen-bond donors (Lipinski definition) is 4. The van der Waals surface area contributed by atoms with E-state index in [1.165, 1.54) is 32.1 Å². The number of aliphatic hydroxyl groups excluding tert-OH is 1. The number of carboxylic acids is 2. The highest BCUT2D eigenvalue weighted by atomic mass is 16.5. The fourth-order valence-electron chi connectivity index (χ4n) is 4.66. The van der Waals surface area contributed by atoms with Crippen molar-refractivity contribution in [2.24, 2.45) is 16.7 Å². The molecule has 10 heteroatoms. The lowest BCUT2D eigenvalue weighted by Crippen LogP contribution is -2.40. The van der Waals surface area contributed by atoms with Crippen LogP contribution in [0, 0.1) is 16.7 Å². The number of carbonyl (C=O) groups is 4. The number of rotatable bonds is 23. The molecule has 2 atom stereocenters. The van der Waals surface area contributed by atoms with Crippen molar-refractivity contribution in [3.63, 3.8) is 0 Å². The van der Waals surface area contributed by atoms with Crippen molar-refractivity contribution in [3.05, 3.63) is 12.2 Å². The maximum atomic E-state index is 12.2. The predicted molar refractivity (Wildman–Crippen MR) is 175 cm³/mol. The minimum absolute atomic E-state index is 0.00962. The Bertz CT molecular complexity index is 852. The van der Waals surface area contributed by atoms with Crippen molar-refractivity contribution in [2.75, 3.05) is 26.2 Å². The van der Waals surface area contributed by atoms with Gasteiger partial charge in [-0.3, -0.25) is 24.1 Å². The summed E-state index contributed by atoms with van der Waals surface area (Å²) < 4.78 is 5.44. The van der Waals surface area contributed by atoms with Crippen LogP contribution < -0.4 is 5.32 Å². The number of hydrogen-bond acceptors (Lipinski definition) is 7. The first-order valence-electron chi connectivity index (χ1n) is 16.2. The van der Waals surface area contributed by atoms with Gasteiger partial charge in [-0.05, 0) is 56.3 Å². The normalized spacial score (nSPS) is 13.4. The average molecular weight is 629 g/mol. The van der Waals surface area contributed by atoms with Gasteiger partial charge in [-0.25, -0.2) is 0 Å². The molecule has 0 rings (SSSR count). The zero-order chi connectivity index (χ0) is 34.3. The molecule has 10 nitrogen and oxygen atoms in total. The van der Waals surface area contributed by atoms with Gasteiger partial charge in [0.05, 0.1) is 25.4 Å². The van der Waals surface area contributed by atoms with E-state index in [2.05, 4.69) is 38.2 Å². The molecule has 0 aromatic heterocycles. The molecule has 4 N–H and O–H groups in total. The second-order valence-corrected chi connectivity index (χ2v) is 14.0. The maximum absolute atomic E-state index is 12.2. The van der Waals surface area contributed by atoms with Crippen LogP contribution >= 0.6 is 0 Å². The Morgan fingerprint density at radius 2 is 1.39 bits per heavy atom. The number of esters is 1. The van der Waals surface area contributed by atoms with E-state index in [-0.39, 0.29) is 31.6 Å². The number of carbonyl (C=O) groups excluding carboxylic acids is 2. The Hall–Kier alpha value is -2.46. The number of aliphatic carboxylic acids is 2. The number of aliphatic hydroxyl groups is 1. The van der Waals surface area contributed by atoms with E-state index >= 15 is 0 Å². The number of ether oxygens (including phenoxy) is 1. The third-order valence-corrected chi connectivity index (χ3v) is 6.61. The second-order valence-electron chi connectivity index (χ2n) is 14.0. The van der Waals surface area contributed by atoms with Gasteiger partial charge in [0.25, 0.3) is 0 Å². The van der Waals surface area contributed by atoms with Crippen molar-refractivity contribution in [1.82, 2.24) is 10.2 Å². The molecule has 0 saturated heterocycles. The van der Waals surface area contributed by atoms with E-state index in [0.29, 0.717) is 32.6 Å². The lowest BCUT2D eigenvalue weighted by atomic mass is 9.85. The molecule has 0 aromatic carbocycles. The van der Waals surface area contributed by atoms with E-state index < -0.39 is 40.9 Å². The summed E-state index contributed by atoms with van der Waals surface area (Å²) in [6.07, 6.45) is 10.7. The van der Waals surface area contributed by atoms with Gasteiger partial charge in [-0.1, -0.05) is 73.5 Å². The van der Waals surface area contributed by atoms with Gasteiger partial charge in [0.15, 0.2) is 0 Å². The minimum Gasteiger partial charge on any atom is -0.481 e. The molecular formula is C34H64N2O8. The molecule has 0 aromatic rings. The van der Waals surface area contributed by atoms with Gasteiger partial charge in [0, 0.05) is 32.6 Å². The Kier molecular flexibility index (Phi) is 23.7. The summed E-state index contributed by atoms with van der Waals surface area (Å²) in [5.41, 5.74) is -1.34. The van der Waals surface area contributed by atoms with Gasteiger partial charge in [-0.15, -0.1) is 0 Å². The van der Waals surface area contributed by atoms with Gasteiger partial charge < -0.3 is 25.4 Å². The quantitative estimate of drug-likeness (QED) is 0.0601. The Labute approximate surface area is 267 Å². The summed E-state index contributed by atoms with van der Waals surface area (Å²) in [5.74, 6) is -1.78. The van der Waals surface area contributed by atoms with Crippen LogP contribution in [0.15, 0.2) is 12.2 Å². The largest absolute Gasteiger partial charge is 0.481 e. The maximum Gasteiger partial charge on any atom is 0.306 e. The van der Waals surface area contributed by atoms with Crippen molar-refractivity contribution >= 4 is 23.8 Å². The van der Waals surface area contributed by atoms with Gasteiger partial charge in [0.2, 0.25) is 5.91 Å². The van der Waals surface area contributed by atoms with E-state index in [0.717, 1.165) is 5.92 Å². The van der Waals surface area contributed by atoms with Crippen LogP contribution in [0.1, 0.15) is 127 Å². The molecule has 0 radical (unpaired) electrons. The highest BCUT2D eigenvalue weighted by Crippen LogP contribution is 2.26. The number of carboxylic acid groups (broad SMARTS) is 2. The fourth-order valence-corrected chi connectivity index (χ4v) is 4.66. The lowest BCUT2D eigenvalue weighted by Gasteiger charge is -2.28. The van der Waals surface area contributed by atoms with Crippen LogP contribution in [0.3, 0.4) is 0 Å².